The van der Waals surface area contributed by atoms with E-state index < -0.39 is 0 Å². The zero-order chi connectivity index (χ0) is 21.3. The van der Waals surface area contributed by atoms with E-state index >= 15 is 0 Å². The molecule has 6 nitrogen and oxygen atoms in total. The van der Waals surface area contributed by atoms with Crippen LogP contribution >= 0.6 is 12.2 Å². The van der Waals surface area contributed by atoms with E-state index in [1.165, 1.54) is 6.92 Å². The van der Waals surface area contributed by atoms with Crippen molar-refractivity contribution < 1.29 is 4.79 Å². The fourth-order valence-electron chi connectivity index (χ4n) is 3.81. The number of hydrogen-bond donors (Lipinski definition) is 2. The van der Waals surface area contributed by atoms with Crippen molar-refractivity contribution >= 4 is 34.6 Å². The predicted molar refractivity (Wildman–Crippen MR) is 123 cm³/mol. The van der Waals surface area contributed by atoms with Gasteiger partial charge in [-0.3, -0.25) is 9.78 Å². The summed E-state index contributed by atoms with van der Waals surface area (Å²) in [4.78, 5) is 18.1. The monoisotopic (exact) mass is 419 g/mol. The zero-order valence-electron chi connectivity index (χ0n) is 17.2. The highest BCUT2D eigenvalue weighted by Crippen LogP contribution is 2.41. The minimum absolute atomic E-state index is 0.0426. The van der Waals surface area contributed by atoms with Gasteiger partial charge in [0, 0.05) is 42.9 Å². The Morgan fingerprint density at radius 3 is 2.53 bits per heavy atom. The minimum atomic E-state index is -0.0933. The molecule has 7 heteroatoms. The molecule has 0 aliphatic carbocycles. The highest BCUT2D eigenvalue weighted by Gasteiger charge is 2.41. The Labute approximate surface area is 181 Å². The first-order chi connectivity index (χ1) is 14.4. The number of nitrogens with one attached hydrogen (secondary N) is 2. The maximum Gasteiger partial charge on any atom is 0.221 e. The third-order valence-electron chi connectivity index (χ3n) is 5.24. The summed E-state index contributed by atoms with van der Waals surface area (Å²) in [6.07, 6.45) is 6.09. The van der Waals surface area contributed by atoms with Crippen LogP contribution in [0.2, 0.25) is 0 Å². The summed E-state index contributed by atoms with van der Waals surface area (Å²) in [5.74, 6) is -0.0933. The van der Waals surface area contributed by atoms with Gasteiger partial charge in [0.15, 0.2) is 5.11 Å². The maximum absolute atomic E-state index is 11.3. The van der Waals surface area contributed by atoms with Crippen molar-refractivity contribution in [2.45, 2.75) is 38.9 Å². The van der Waals surface area contributed by atoms with Crippen molar-refractivity contribution in [1.29, 1.82) is 0 Å². The number of rotatable bonds is 5. The number of nitrogens with zero attached hydrogens (tertiary/aromatic N) is 3. The van der Waals surface area contributed by atoms with Crippen LogP contribution in [0.4, 0.5) is 11.4 Å². The normalized spacial score (nSPS) is 18.5. The van der Waals surface area contributed by atoms with Crippen molar-refractivity contribution in [3.05, 3.63) is 78.4 Å². The summed E-state index contributed by atoms with van der Waals surface area (Å²) in [5.41, 5.74) is 3.83. The molecule has 1 fully saturated rings. The number of amides is 1. The number of thiocarbonyl (C=S) groups is 1. The average molecular weight is 420 g/mol. The molecule has 2 N–H and O–H groups in total. The molecule has 4 rings (SSSR count). The second-order valence-corrected chi connectivity index (χ2v) is 8.10. The summed E-state index contributed by atoms with van der Waals surface area (Å²) < 4.78 is 2.20. The van der Waals surface area contributed by atoms with Crippen LogP contribution in [0, 0.1) is 0 Å². The third-order valence-corrected chi connectivity index (χ3v) is 5.55. The van der Waals surface area contributed by atoms with Crippen LogP contribution in [0.25, 0.3) is 0 Å². The molecule has 1 saturated heterocycles. The number of carbonyl (C=O) groups excluding carboxylic acids is 1. The van der Waals surface area contributed by atoms with Gasteiger partial charge in [-0.15, -0.1) is 0 Å². The van der Waals surface area contributed by atoms with Gasteiger partial charge in [0.2, 0.25) is 5.91 Å². The Hall–Kier alpha value is -3.19. The second kappa shape index (κ2) is 8.28. The lowest BCUT2D eigenvalue weighted by molar-refractivity contribution is -0.114. The smallest absolute Gasteiger partial charge is 0.221 e. The van der Waals surface area contributed by atoms with E-state index in [2.05, 4.69) is 57.4 Å². The zero-order valence-corrected chi connectivity index (χ0v) is 18.1. The summed E-state index contributed by atoms with van der Waals surface area (Å²) in [6.45, 7) is 5.83. The van der Waals surface area contributed by atoms with E-state index in [0.29, 0.717) is 11.2 Å². The van der Waals surface area contributed by atoms with Crippen molar-refractivity contribution in [2.24, 2.45) is 0 Å². The first-order valence-electron chi connectivity index (χ1n) is 9.99. The Bertz CT molecular complexity index is 1040. The van der Waals surface area contributed by atoms with Crippen molar-refractivity contribution in [3.8, 4) is 0 Å². The van der Waals surface area contributed by atoms with Gasteiger partial charge in [0.05, 0.1) is 17.8 Å². The van der Waals surface area contributed by atoms with E-state index in [1.807, 2.05) is 42.5 Å². The molecule has 1 aliphatic heterocycles. The highest BCUT2D eigenvalue weighted by molar-refractivity contribution is 7.80. The first-order valence-corrected chi connectivity index (χ1v) is 10.4. The SMILES string of the molecule is CC(=O)Nc1ccc(N2C(=S)N[C@@H](c3ccccn3)[C@H]2c2ccn(C(C)C)c2)cc1. The molecule has 2 aromatic heterocycles. The third kappa shape index (κ3) is 3.93. The summed E-state index contributed by atoms with van der Waals surface area (Å²) in [5, 5.41) is 6.93. The van der Waals surface area contributed by atoms with Gasteiger partial charge in [-0.25, -0.2) is 0 Å². The van der Waals surface area contributed by atoms with E-state index in [9.17, 15) is 4.79 Å². The van der Waals surface area contributed by atoms with Crippen LogP contribution in [0.5, 0.6) is 0 Å². The number of aromatic nitrogens is 2. The molecule has 0 spiro atoms. The number of carbonyl (C=O) groups is 1. The van der Waals surface area contributed by atoms with Gasteiger partial charge in [0.25, 0.3) is 0 Å². The average Bonchev–Trinajstić information content (AvgIpc) is 3.34. The number of benzene rings is 1. The Balaban J connectivity index is 1.75. The fourth-order valence-corrected chi connectivity index (χ4v) is 4.15. The van der Waals surface area contributed by atoms with E-state index in [0.717, 1.165) is 22.6 Å². The fraction of sp³-hybridized carbons (Fsp3) is 0.261. The predicted octanol–water partition coefficient (Wildman–Crippen LogP) is 4.60. The summed E-state index contributed by atoms with van der Waals surface area (Å²) in [7, 11) is 0. The standard InChI is InChI=1S/C23H25N5OS/c1-15(2)27-13-11-17(14-27)22-21(20-6-4-5-12-24-20)26-23(30)28(22)19-9-7-18(8-10-19)25-16(3)29/h4-15,21-22H,1-3H3,(H,25,29)(H,26,30)/t21-,22+/m0/s1. The van der Waals surface area contributed by atoms with Gasteiger partial charge in [0.1, 0.15) is 0 Å². The molecule has 2 atom stereocenters. The van der Waals surface area contributed by atoms with E-state index in [-0.39, 0.29) is 18.0 Å². The van der Waals surface area contributed by atoms with Gasteiger partial charge >= 0.3 is 0 Å². The van der Waals surface area contributed by atoms with Crippen molar-refractivity contribution in [3.63, 3.8) is 0 Å². The van der Waals surface area contributed by atoms with Crippen LogP contribution in [0.3, 0.4) is 0 Å². The van der Waals surface area contributed by atoms with Crippen molar-refractivity contribution in [1.82, 2.24) is 14.9 Å². The number of anilines is 2. The van der Waals surface area contributed by atoms with E-state index in [4.69, 9.17) is 12.2 Å². The molecule has 1 aromatic carbocycles. The lowest BCUT2D eigenvalue weighted by Gasteiger charge is -2.27. The van der Waals surface area contributed by atoms with Gasteiger partial charge in [-0.2, -0.15) is 0 Å². The molecule has 0 bridgehead atoms. The quantitative estimate of drug-likeness (QED) is 0.592. The minimum Gasteiger partial charge on any atom is -0.351 e. The molecule has 1 amide bonds. The Morgan fingerprint density at radius 1 is 1.17 bits per heavy atom. The molecular weight excluding hydrogens is 394 g/mol. The topological polar surface area (TPSA) is 62.2 Å². The Morgan fingerprint density at radius 2 is 1.93 bits per heavy atom. The molecule has 0 radical (unpaired) electrons. The second-order valence-electron chi connectivity index (χ2n) is 7.71. The lowest BCUT2D eigenvalue weighted by atomic mass is 9.98. The van der Waals surface area contributed by atoms with Crippen LogP contribution in [-0.2, 0) is 4.79 Å². The highest BCUT2D eigenvalue weighted by atomic mass is 32.1. The molecule has 30 heavy (non-hydrogen) atoms. The molecule has 0 unspecified atom stereocenters. The van der Waals surface area contributed by atoms with Crippen molar-refractivity contribution in [2.75, 3.05) is 10.2 Å². The largest absolute Gasteiger partial charge is 0.351 e. The van der Waals surface area contributed by atoms with Crippen LogP contribution in [0.15, 0.2) is 67.1 Å². The van der Waals surface area contributed by atoms with Crippen LogP contribution in [-0.4, -0.2) is 20.6 Å². The van der Waals surface area contributed by atoms with Gasteiger partial charge in [-0.1, -0.05) is 6.07 Å². The van der Waals surface area contributed by atoms with Crippen LogP contribution in [0.1, 0.15) is 50.2 Å². The first kappa shape index (κ1) is 20.1. The molecular formula is C23H25N5OS. The number of hydrogen-bond acceptors (Lipinski definition) is 3. The summed E-state index contributed by atoms with van der Waals surface area (Å²) >= 11 is 5.75. The molecule has 0 saturated carbocycles. The number of pyridine rings is 1. The molecule has 3 heterocycles. The van der Waals surface area contributed by atoms with Gasteiger partial charge < -0.3 is 20.1 Å². The molecule has 3 aromatic rings. The van der Waals surface area contributed by atoms with E-state index in [1.54, 1.807) is 6.20 Å². The summed E-state index contributed by atoms with van der Waals surface area (Å²) in [6, 6.07) is 16.1. The van der Waals surface area contributed by atoms with Gasteiger partial charge in [-0.05, 0) is 74.1 Å². The maximum atomic E-state index is 11.3. The molecule has 154 valence electrons. The van der Waals surface area contributed by atoms with Crippen LogP contribution < -0.4 is 15.5 Å². The molecule has 1 aliphatic rings. The Kier molecular flexibility index (Phi) is 5.55. The lowest BCUT2D eigenvalue weighted by Crippen LogP contribution is -2.29.